The predicted octanol–water partition coefficient (Wildman–Crippen LogP) is 2.62. The topological polar surface area (TPSA) is 45.6 Å². The molecule has 1 aliphatic carbocycles. The number of furan rings is 1. The van der Waals surface area contributed by atoms with Gasteiger partial charge in [0.25, 0.3) is 0 Å². The monoisotopic (exact) mass is 291 g/mol. The van der Waals surface area contributed by atoms with E-state index in [-0.39, 0.29) is 12.1 Å². The highest BCUT2D eigenvalue weighted by Gasteiger charge is 2.32. The first-order chi connectivity index (χ1) is 10.3. The van der Waals surface area contributed by atoms with Gasteiger partial charge in [-0.05, 0) is 31.4 Å². The summed E-state index contributed by atoms with van der Waals surface area (Å²) in [6.45, 7) is 6.73. The Balaban J connectivity index is 1.62. The molecule has 2 fully saturated rings. The van der Waals surface area contributed by atoms with Crippen molar-refractivity contribution in [2.24, 2.45) is 5.73 Å². The molecule has 0 aromatic carbocycles. The van der Waals surface area contributed by atoms with Crippen LogP contribution in [0.2, 0.25) is 0 Å². The van der Waals surface area contributed by atoms with E-state index in [9.17, 15) is 0 Å². The van der Waals surface area contributed by atoms with E-state index in [1.165, 1.54) is 38.8 Å². The number of nitrogens with zero attached hydrogens (tertiary/aromatic N) is 2. The first-order valence-electron chi connectivity index (χ1n) is 8.56. The maximum absolute atomic E-state index is 6.38. The maximum atomic E-state index is 6.38. The lowest BCUT2D eigenvalue weighted by Gasteiger charge is -2.42. The van der Waals surface area contributed by atoms with Gasteiger partial charge in [-0.2, -0.15) is 0 Å². The van der Waals surface area contributed by atoms with Gasteiger partial charge in [-0.1, -0.05) is 19.8 Å². The molecular formula is C17H29N3O. The van der Waals surface area contributed by atoms with E-state index in [1.54, 1.807) is 6.26 Å². The average Bonchev–Trinajstić information content (AvgIpc) is 3.21. The minimum absolute atomic E-state index is 0.147. The summed E-state index contributed by atoms with van der Waals surface area (Å²) in [5.74, 6) is 1.03. The number of nitrogens with two attached hydrogens (primary N) is 1. The minimum atomic E-state index is 0.147. The molecule has 4 heteroatoms. The fourth-order valence-corrected chi connectivity index (χ4v) is 3.99. The Bertz CT molecular complexity index is 406. The Kier molecular flexibility index (Phi) is 4.99. The van der Waals surface area contributed by atoms with Crippen LogP contribution in [-0.4, -0.2) is 48.1 Å². The Morgan fingerprint density at radius 3 is 2.52 bits per heavy atom. The van der Waals surface area contributed by atoms with Gasteiger partial charge in [0.1, 0.15) is 5.76 Å². The first kappa shape index (κ1) is 15.1. The fraction of sp³-hybridized carbons (Fsp3) is 0.765. The number of rotatable bonds is 5. The molecule has 1 aromatic heterocycles. The molecule has 1 aliphatic heterocycles. The van der Waals surface area contributed by atoms with Crippen molar-refractivity contribution >= 4 is 0 Å². The summed E-state index contributed by atoms with van der Waals surface area (Å²) in [6, 6.07) is 5.27. The molecule has 0 spiro atoms. The smallest absolute Gasteiger partial charge is 0.122 e. The summed E-state index contributed by atoms with van der Waals surface area (Å²) in [4.78, 5) is 5.22. The molecule has 2 aliphatic rings. The zero-order valence-electron chi connectivity index (χ0n) is 13.2. The molecule has 21 heavy (non-hydrogen) atoms. The quantitative estimate of drug-likeness (QED) is 0.906. The van der Waals surface area contributed by atoms with Gasteiger partial charge in [-0.15, -0.1) is 0 Å². The van der Waals surface area contributed by atoms with Gasteiger partial charge in [0, 0.05) is 38.3 Å². The van der Waals surface area contributed by atoms with E-state index in [2.05, 4.69) is 22.8 Å². The Morgan fingerprint density at radius 2 is 1.95 bits per heavy atom. The standard InChI is InChI=1S/C17H29N3O/c1-2-15(18)17(16-8-5-13-21-16)20-11-9-19(10-12-20)14-6-3-4-7-14/h5,8,13-15,17H,2-4,6-7,9-12,18H2,1H3. The third kappa shape index (κ3) is 3.33. The lowest BCUT2D eigenvalue weighted by molar-refractivity contribution is 0.0534. The van der Waals surface area contributed by atoms with Crippen molar-refractivity contribution in [2.75, 3.05) is 26.2 Å². The molecule has 0 radical (unpaired) electrons. The SMILES string of the molecule is CCC(N)C(c1ccco1)N1CCN(C2CCCC2)CC1. The van der Waals surface area contributed by atoms with Crippen molar-refractivity contribution in [3.05, 3.63) is 24.2 Å². The van der Waals surface area contributed by atoms with Crippen LogP contribution in [0.15, 0.2) is 22.8 Å². The summed E-state index contributed by atoms with van der Waals surface area (Å²) in [5, 5.41) is 0. The number of hydrogen-bond donors (Lipinski definition) is 1. The van der Waals surface area contributed by atoms with Crippen molar-refractivity contribution in [3.63, 3.8) is 0 Å². The number of piperazine rings is 1. The second-order valence-electron chi connectivity index (χ2n) is 6.54. The average molecular weight is 291 g/mol. The molecule has 2 N–H and O–H groups in total. The summed E-state index contributed by atoms with van der Waals surface area (Å²) in [6.07, 6.45) is 8.38. The van der Waals surface area contributed by atoms with Gasteiger partial charge < -0.3 is 10.2 Å². The highest BCUT2D eigenvalue weighted by molar-refractivity contribution is 5.08. The van der Waals surface area contributed by atoms with Crippen LogP contribution in [0.5, 0.6) is 0 Å². The highest BCUT2D eigenvalue weighted by atomic mass is 16.3. The van der Waals surface area contributed by atoms with E-state index in [1.807, 2.05) is 6.07 Å². The van der Waals surface area contributed by atoms with Crippen LogP contribution in [-0.2, 0) is 0 Å². The van der Waals surface area contributed by atoms with E-state index in [0.717, 1.165) is 31.3 Å². The number of hydrogen-bond acceptors (Lipinski definition) is 4. The zero-order chi connectivity index (χ0) is 14.7. The summed E-state index contributed by atoms with van der Waals surface area (Å²) in [5.41, 5.74) is 6.38. The molecule has 1 aromatic rings. The Labute approximate surface area is 128 Å². The molecular weight excluding hydrogens is 262 g/mol. The summed E-state index contributed by atoms with van der Waals surface area (Å²) >= 11 is 0. The van der Waals surface area contributed by atoms with Crippen molar-refractivity contribution in [2.45, 2.75) is 57.2 Å². The van der Waals surface area contributed by atoms with E-state index in [0.29, 0.717) is 0 Å². The van der Waals surface area contributed by atoms with Crippen LogP contribution in [0.3, 0.4) is 0 Å². The van der Waals surface area contributed by atoms with Gasteiger partial charge in [0.05, 0.1) is 12.3 Å². The third-order valence-electron chi connectivity index (χ3n) is 5.29. The van der Waals surface area contributed by atoms with Gasteiger partial charge in [-0.3, -0.25) is 9.80 Å². The third-order valence-corrected chi connectivity index (χ3v) is 5.29. The second-order valence-corrected chi connectivity index (χ2v) is 6.54. The van der Waals surface area contributed by atoms with E-state index < -0.39 is 0 Å². The van der Waals surface area contributed by atoms with Crippen molar-refractivity contribution < 1.29 is 4.42 Å². The zero-order valence-corrected chi connectivity index (χ0v) is 13.2. The first-order valence-corrected chi connectivity index (χ1v) is 8.56. The Hall–Kier alpha value is -0.840. The fourth-order valence-electron chi connectivity index (χ4n) is 3.99. The maximum Gasteiger partial charge on any atom is 0.122 e. The van der Waals surface area contributed by atoms with Crippen LogP contribution < -0.4 is 5.73 Å². The van der Waals surface area contributed by atoms with Gasteiger partial charge in [-0.25, -0.2) is 0 Å². The predicted molar refractivity (Wildman–Crippen MR) is 85.1 cm³/mol. The van der Waals surface area contributed by atoms with Crippen LogP contribution in [0.4, 0.5) is 0 Å². The van der Waals surface area contributed by atoms with Crippen LogP contribution >= 0.6 is 0 Å². The Morgan fingerprint density at radius 1 is 1.24 bits per heavy atom. The van der Waals surface area contributed by atoms with Crippen molar-refractivity contribution in [3.8, 4) is 0 Å². The molecule has 2 unspecified atom stereocenters. The van der Waals surface area contributed by atoms with Gasteiger partial charge >= 0.3 is 0 Å². The van der Waals surface area contributed by atoms with Crippen LogP contribution in [0.1, 0.15) is 50.8 Å². The lowest BCUT2D eigenvalue weighted by atomic mass is 10.0. The highest BCUT2D eigenvalue weighted by Crippen LogP contribution is 2.29. The minimum Gasteiger partial charge on any atom is -0.468 e. The largest absolute Gasteiger partial charge is 0.468 e. The second kappa shape index (κ2) is 6.95. The normalized spacial score (nSPS) is 25.2. The van der Waals surface area contributed by atoms with Gasteiger partial charge in [0.2, 0.25) is 0 Å². The molecule has 2 atom stereocenters. The van der Waals surface area contributed by atoms with Crippen LogP contribution in [0.25, 0.3) is 0 Å². The molecule has 0 bridgehead atoms. The molecule has 4 nitrogen and oxygen atoms in total. The summed E-state index contributed by atoms with van der Waals surface area (Å²) < 4.78 is 5.66. The van der Waals surface area contributed by atoms with Crippen LogP contribution in [0, 0.1) is 0 Å². The van der Waals surface area contributed by atoms with E-state index >= 15 is 0 Å². The summed E-state index contributed by atoms with van der Waals surface area (Å²) in [7, 11) is 0. The van der Waals surface area contributed by atoms with Gasteiger partial charge in [0.15, 0.2) is 0 Å². The molecule has 118 valence electrons. The van der Waals surface area contributed by atoms with Crippen molar-refractivity contribution in [1.29, 1.82) is 0 Å². The molecule has 2 heterocycles. The molecule has 0 amide bonds. The molecule has 3 rings (SSSR count). The molecule has 1 saturated heterocycles. The van der Waals surface area contributed by atoms with Crippen molar-refractivity contribution in [1.82, 2.24) is 9.80 Å². The van der Waals surface area contributed by atoms with E-state index in [4.69, 9.17) is 10.2 Å². The molecule has 1 saturated carbocycles. The lowest BCUT2D eigenvalue weighted by Crippen LogP contribution is -2.53.